The second-order valence-corrected chi connectivity index (χ2v) is 10.0. The van der Waals surface area contributed by atoms with Crippen LogP contribution in [0, 0.1) is 5.82 Å². The van der Waals surface area contributed by atoms with Gasteiger partial charge in [-0.25, -0.2) is 17.5 Å². The van der Waals surface area contributed by atoms with E-state index in [1.54, 1.807) is 24.3 Å². The zero-order valence-corrected chi connectivity index (χ0v) is 18.6. The molecule has 1 saturated heterocycles. The van der Waals surface area contributed by atoms with E-state index in [1.807, 2.05) is 0 Å². The van der Waals surface area contributed by atoms with E-state index in [1.165, 1.54) is 18.2 Å². The number of sulfonamides is 1. The molecule has 2 heterocycles. The number of nitrogens with one attached hydrogen (secondary N) is 1. The summed E-state index contributed by atoms with van der Waals surface area (Å²) in [6.45, 7) is 3.20. The molecule has 9 heteroatoms. The van der Waals surface area contributed by atoms with E-state index in [0.29, 0.717) is 18.0 Å². The van der Waals surface area contributed by atoms with E-state index in [0.717, 1.165) is 56.4 Å². The average Bonchev–Trinajstić information content (AvgIpc) is 3.17. The molecule has 1 fully saturated rings. The van der Waals surface area contributed by atoms with Crippen LogP contribution in [0.15, 0.2) is 51.9 Å². The van der Waals surface area contributed by atoms with Gasteiger partial charge in [0.2, 0.25) is 10.0 Å². The number of aromatic nitrogens is 1. The zero-order chi connectivity index (χ0) is 21.8. The molecule has 0 radical (unpaired) electrons. The van der Waals surface area contributed by atoms with E-state index in [-0.39, 0.29) is 15.7 Å². The van der Waals surface area contributed by atoms with Gasteiger partial charge in [0.05, 0.1) is 10.7 Å². The fourth-order valence-corrected chi connectivity index (χ4v) is 5.65. The number of fused-ring (bicyclic) bond motifs is 1. The van der Waals surface area contributed by atoms with Crippen molar-refractivity contribution in [3.05, 3.63) is 59.0 Å². The van der Waals surface area contributed by atoms with Crippen molar-refractivity contribution in [2.45, 2.75) is 36.5 Å². The number of halogens is 2. The lowest BCUT2D eigenvalue weighted by atomic mass is 9.91. The number of nitrogens with zero attached hydrogens (tertiary/aromatic N) is 2. The number of unbranched alkanes of at least 4 members (excludes halogenated alkanes) is 1. The number of rotatable bonds is 8. The van der Waals surface area contributed by atoms with E-state index < -0.39 is 10.0 Å². The molecule has 0 aliphatic carbocycles. The van der Waals surface area contributed by atoms with Crippen molar-refractivity contribution in [1.29, 1.82) is 0 Å². The monoisotopic (exact) mass is 465 g/mol. The van der Waals surface area contributed by atoms with Gasteiger partial charge < -0.3 is 9.42 Å². The van der Waals surface area contributed by atoms with Crippen molar-refractivity contribution < 1.29 is 17.3 Å². The Kier molecular flexibility index (Phi) is 6.91. The maximum atomic E-state index is 13.3. The highest BCUT2D eigenvalue weighted by Gasteiger charge is 2.25. The second-order valence-electron chi connectivity index (χ2n) is 7.86. The minimum atomic E-state index is -3.58. The highest BCUT2D eigenvalue weighted by Crippen LogP contribution is 2.32. The standard InChI is InChI=1S/C22H25ClFN3O3S/c23-19-5-1-2-6-21(19)31(28,29)25-11-3-4-12-27-13-9-16(10-14-27)22-18-8-7-17(24)15-20(18)30-26-22/h1-2,5-8,15-16,25H,3-4,9-14H2. The van der Waals surface area contributed by atoms with Crippen LogP contribution in [0.3, 0.4) is 0 Å². The van der Waals surface area contributed by atoms with E-state index in [4.69, 9.17) is 16.1 Å². The van der Waals surface area contributed by atoms with Gasteiger partial charge in [-0.05, 0) is 69.6 Å². The summed E-state index contributed by atoms with van der Waals surface area (Å²) in [5, 5.41) is 5.31. The molecule has 4 rings (SSSR count). The number of hydrogen-bond donors (Lipinski definition) is 1. The molecule has 0 atom stereocenters. The molecule has 2 aromatic carbocycles. The minimum absolute atomic E-state index is 0.113. The summed E-state index contributed by atoms with van der Waals surface area (Å²) in [7, 11) is -3.58. The molecule has 1 aliphatic rings. The maximum absolute atomic E-state index is 13.3. The van der Waals surface area contributed by atoms with Gasteiger partial charge in [0.25, 0.3) is 0 Å². The molecule has 3 aromatic rings. The van der Waals surface area contributed by atoms with Gasteiger partial charge in [0, 0.05) is 23.9 Å². The number of benzene rings is 2. The summed E-state index contributed by atoms with van der Waals surface area (Å²) in [5.74, 6) is -0.00966. The van der Waals surface area contributed by atoms with Crippen molar-refractivity contribution >= 4 is 32.6 Å². The third-order valence-electron chi connectivity index (χ3n) is 5.76. The molecule has 31 heavy (non-hydrogen) atoms. The summed E-state index contributed by atoms with van der Waals surface area (Å²) in [5.41, 5.74) is 1.42. The van der Waals surface area contributed by atoms with Crippen molar-refractivity contribution in [3.63, 3.8) is 0 Å². The van der Waals surface area contributed by atoms with Crippen molar-refractivity contribution in [3.8, 4) is 0 Å². The van der Waals surface area contributed by atoms with Gasteiger partial charge in [0.15, 0.2) is 5.58 Å². The summed E-state index contributed by atoms with van der Waals surface area (Å²) in [6.07, 6.45) is 3.60. The first kappa shape index (κ1) is 22.2. The predicted octanol–water partition coefficient (Wildman–Crippen LogP) is 4.56. The lowest BCUT2D eigenvalue weighted by molar-refractivity contribution is 0.206. The SMILES string of the molecule is O=S(=O)(NCCCCN1CCC(c2noc3cc(F)ccc23)CC1)c1ccccc1Cl. The lowest BCUT2D eigenvalue weighted by Crippen LogP contribution is -2.34. The van der Waals surface area contributed by atoms with Crippen LogP contribution >= 0.6 is 11.6 Å². The smallest absolute Gasteiger partial charge is 0.242 e. The fourth-order valence-electron chi connectivity index (χ4n) is 4.06. The van der Waals surface area contributed by atoms with Crippen LogP contribution in [0.5, 0.6) is 0 Å². The van der Waals surface area contributed by atoms with Gasteiger partial charge in [0.1, 0.15) is 10.7 Å². The lowest BCUT2D eigenvalue weighted by Gasteiger charge is -2.31. The number of hydrogen-bond acceptors (Lipinski definition) is 5. The first-order valence-corrected chi connectivity index (χ1v) is 12.3. The van der Waals surface area contributed by atoms with Crippen LogP contribution in [0.2, 0.25) is 5.02 Å². The second kappa shape index (κ2) is 9.65. The summed E-state index contributed by atoms with van der Waals surface area (Å²) in [4.78, 5) is 2.50. The average molecular weight is 466 g/mol. The molecular weight excluding hydrogens is 441 g/mol. The van der Waals surface area contributed by atoms with E-state index >= 15 is 0 Å². The van der Waals surface area contributed by atoms with Gasteiger partial charge in [-0.1, -0.05) is 28.9 Å². The van der Waals surface area contributed by atoms with Gasteiger partial charge >= 0.3 is 0 Å². The molecule has 0 amide bonds. The Morgan fingerprint density at radius 2 is 1.94 bits per heavy atom. The highest BCUT2D eigenvalue weighted by molar-refractivity contribution is 7.89. The zero-order valence-electron chi connectivity index (χ0n) is 17.1. The molecule has 6 nitrogen and oxygen atoms in total. The van der Waals surface area contributed by atoms with E-state index in [9.17, 15) is 12.8 Å². The van der Waals surface area contributed by atoms with Crippen LogP contribution in [-0.2, 0) is 10.0 Å². The van der Waals surface area contributed by atoms with Crippen LogP contribution < -0.4 is 4.72 Å². The molecule has 1 N–H and O–H groups in total. The van der Waals surface area contributed by atoms with Crippen LogP contribution in [0.1, 0.15) is 37.3 Å². The summed E-state index contributed by atoms with van der Waals surface area (Å²) >= 11 is 5.99. The first-order valence-electron chi connectivity index (χ1n) is 10.5. The minimum Gasteiger partial charge on any atom is -0.356 e. The number of piperidine rings is 1. The molecule has 1 aliphatic heterocycles. The molecular formula is C22H25ClFN3O3S. The Labute approximate surface area is 186 Å². The predicted molar refractivity (Wildman–Crippen MR) is 118 cm³/mol. The molecule has 0 unspecified atom stereocenters. The van der Waals surface area contributed by atoms with Crippen LogP contribution in [-0.4, -0.2) is 44.7 Å². The van der Waals surface area contributed by atoms with Crippen molar-refractivity contribution in [2.75, 3.05) is 26.2 Å². The largest absolute Gasteiger partial charge is 0.356 e. The third-order valence-corrected chi connectivity index (χ3v) is 7.72. The molecule has 166 valence electrons. The maximum Gasteiger partial charge on any atom is 0.242 e. The normalized spacial score (nSPS) is 16.2. The topological polar surface area (TPSA) is 75.4 Å². The fraction of sp³-hybridized carbons (Fsp3) is 0.409. The van der Waals surface area contributed by atoms with Crippen LogP contribution in [0.25, 0.3) is 11.0 Å². The summed E-state index contributed by atoms with van der Waals surface area (Å²) < 4.78 is 45.9. The Balaban J connectivity index is 1.20. The molecule has 0 spiro atoms. The Morgan fingerprint density at radius 1 is 1.16 bits per heavy atom. The first-order chi connectivity index (χ1) is 14.9. The Bertz CT molecular complexity index is 1140. The van der Waals surface area contributed by atoms with E-state index in [2.05, 4.69) is 14.8 Å². The highest BCUT2D eigenvalue weighted by atomic mass is 35.5. The molecule has 0 bridgehead atoms. The summed E-state index contributed by atoms with van der Waals surface area (Å²) in [6, 6.07) is 11.0. The molecule has 1 aromatic heterocycles. The quantitative estimate of drug-likeness (QED) is 0.493. The van der Waals surface area contributed by atoms with Crippen molar-refractivity contribution in [2.24, 2.45) is 0 Å². The van der Waals surface area contributed by atoms with Crippen LogP contribution in [0.4, 0.5) is 4.39 Å². The van der Waals surface area contributed by atoms with Gasteiger partial charge in [-0.2, -0.15) is 0 Å². The Morgan fingerprint density at radius 3 is 2.71 bits per heavy atom. The van der Waals surface area contributed by atoms with Gasteiger partial charge in [-0.15, -0.1) is 0 Å². The number of likely N-dealkylation sites (tertiary alicyclic amines) is 1. The Hall–Kier alpha value is -2.00. The van der Waals surface area contributed by atoms with Gasteiger partial charge in [-0.3, -0.25) is 0 Å². The molecule has 0 saturated carbocycles. The third kappa shape index (κ3) is 5.26. The van der Waals surface area contributed by atoms with Crippen molar-refractivity contribution in [1.82, 2.24) is 14.8 Å².